The predicted octanol–water partition coefficient (Wildman–Crippen LogP) is 3.67. The highest BCUT2D eigenvalue weighted by atomic mass is 32.1. The predicted molar refractivity (Wildman–Crippen MR) is 97.7 cm³/mol. The van der Waals surface area contributed by atoms with Crippen LogP contribution in [0.4, 0.5) is 5.13 Å². The van der Waals surface area contributed by atoms with E-state index in [1.54, 1.807) is 24.5 Å². The summed E-state index contributed by atoms with van der Waals surface area (Å²) in [5.41, 5.74) is 3.86. The van der Waals surface area contributed by atoms with E-state index in [9.17, 15) is 4.79 Å². The number of amides is 1. The molecule has 4 aromatic rings. The maximum Gasteiger partial charge on any atom is 0.257 e. The maximum atomic E-state index is 12.5. The first-order chi connectivity index (χ1) is 12.8. The van der Waals surface area contributed by atoms with Crippen LogP contribution in [0.1, 0.15) is 10.4 Å². The fraction of sp³-hybridized carbons (Fsp3) is 0.0556. The molecule has 7 nitrogen and oxygen atoms in total. The summed E-state index contributed by atoms with van der Waals surface area (Å²) in [6.07, 6.45) is 1.60. The lowest BCUT2D eigenvalue weighted by Crippen LogP contribution is -2.11. The Kier molecular flexibility index (Phi) is 3.36. The van der Waals surface area contributed by atoms with E-state index in [0.29, 0.717) is 16.4 Å². The van der Waals surface area contributed by atoms with Gasteiger partial charge in [0.2, 0.25) is 6.79 Å². The number of aromatic nitrogens is 3. The Labute approximate surface area is 151 Å². The smallest absolute Gasteiger partial charge is 0.257 e. The number of carbonyl (C=O) groups is 1. The molecule has 0 saturated heterocycles. The number of ether oxygens (including phenoxy) is 2. The second kappa shape index (κ2) is 5.85. The number of imidazole rings is 1. The minimum absolute atomic E-state index is 0.215. The van der Waals surface area contributed by atoms with Crippen molar-refractivity contribution in [1.29, 1.82) is 0 Å². The molecule has 0 atom stereocenters. The lowest BCUT2D eigenvalue weighted by Gasteiger charge is -2.02. The van der Waals surface area contributed by atoms with E-state index in [1.807, 2.05) is 23.6 Å². The quantitative estimate of drug-likeness (QED) is 0.579. The molecular weight excluding hydrogens is 352 g/mol. The Morgan fingerprint density at radius 3 is 3.04 bits per heavy atom. The number of nitrogens with zero attached hydrogens (tertiary/aromatic N) is 2. The number of anilines is 1. The zero-order valence-corrected chi connectivity index (χ0v) is 14.2. The monoisotopic (exact) mass is 364 g/mol. The van der Waals surface area contributed by atoms with Crippen LogP contribution in [0, 0.1) is 0 Å². The summed E-state index contributed by atoms with van der Waals surface area (Å²) < 4.78 is 10.7. The number of rotatable bonds is 3. The van der Waals surface area contributed by atoms with Gasteiger partial charge in [-0.1, -0.05) is 0 Å². The van der Waals surface area contributed by atoms with Gasteiger partial charge >= 0.3 is 0 Å². The molecule has 0 bridgehead atoms. The minimum atomic E-state index is -0.215. The van der Waals surface area contributed by atoms with Gasteiger partial charge in [-0.15, -0.1) is 11.3 Å². The summed E-state index contributed by atoms with van der Waals surface area (Å²) in [6.45, 7) is 0.234. The van der Waals surface area contributed by atoms with Crippen molar-refractivity contribution in [3.05, 3.63) is 53.7 Å². The number of thiazole rings is 1. The van der Waals surface area contributed by atoms with Crippen molar-refractivity contribution in [1.82, 2.24) is 15.0 Å². The topological polar surface area (TPSA) is 89.1 Å². The molecule has 3 heterocycles. The van der Waals surface area contributed by atoms with E-state index in [1.165, 1.54) is 11.3 Å². The Balaban J connectivity index is 1.37. The van der Waals surface area contributed by atoms with Crippen LogP contribution < -0.4 is 14.8 Å². The third-order valence-corrected chi connectivity index (χ3v) is 4.83. The number of H-pyrrole nitrogens is 1. The third-order valence-electron chi connectivity index (χ3n) is 4.08. The molecule has 0 fully saturated rings. The van der Waals surface area contributed by atoms with Gasteiger partial charge in [-0.2, -0.15) is 0 Å². The Bertz CT molecular complexity index is 1130. The van der Waals surface area contributed by atoms with Crippen LogP contribution in [-0.2, 0) is 0 Å². The van der Waals surface area contributed by atoms with Crippen LogP contribution >= 0.6 is 11.3 Å². The van der Waals surface area contributed by atoms with Crippen LogP contribution in [0.3, 0.4) is 0 Å². The van der Waals surface area contributed by atoms with Gasteiger partial charge in [0.1, 0.15) is 0 Å². The summed E-state index contributed by atoms with van der Waals surface area (Å²) in [5, 5.41) is 5.26. The molecule has 2 N–H and O–H groups in total. The second-order valence-electron chi connectivity index (χ2n) is 5.69. The summed E-state index contributed by atoms with van der Waals surface area (Å²) in [5.74, 6) is 1.22. The number of carbonyl (C=O) groups excluding carboxylic acids is 1. The Morgan fingerprint density at radius 2 is 2.08 bits per heavy atom. The minimum Gasteiger partial charge on any atom is -0.454 e. The number of nitrogens with one attached hydrogen (secondary N) is 2. The van der Waals surface area contributed by atoms with Gasteiger partial charge in [-0.3, -0.25) is 10.1 Å². The first kappa shape index (κ1) is 14.9. The molecule has 26 heavy (non-hydrogen) atoms. The van der Waals surface area contributed by atoms with Crippen molar-refractivity contribution < 1.29 is 14.3 Å². The Hall–Kier alpha value is -3.39. The summed E-state index contributed by atoms with van der Waals surface area (Å²) in [7, 11) is 0. The molecule has 0 aliphatic carbocycles. The average Bonchev–Trinajstić information content (AvgIpc) is 3.40. The lowest BCUT2D eigenvalue weighted by molar-refractivity contribution is 0.102. The van der Waals surface area contributed by atoms with E-state index < -0.39 is 0 Å². The molecular formula is C18H12N4O3S. The van der Waals surface area contributed by atoms with Crippen molar-refractivity contribution in [2.24, 2.45) is 0 Å². The fourth-order valence-corrected chi connectivity index (χ4v) is 3.48. The van der Waals surface area contributed by atoms with E-state index >= 15 is 0 Å². The summed E-state index contributed by atoms with van der Waals surface area (Å²) >= 11 is 1.37. The van der Waals surface area contributed by atoms with Crippen molar-refractivity contribution in [3.8, 4) is 22.8 Å². The molecule has 0 unspecified atom stereocenters. The lowest BCUT2D eigenvalue weighted by atomic mass is 10.1. The number of hydrogen-bond donors (Lipinski definition) is 2. The van der Waals surface area contributed by atoms with Gasteiger partial charge in [0, 0.05) is 16.5 Å². The molecule has 0 radical (unpaired) electrons. The zero-order valence-electron chi connectivity index (χ0n) is 13.4. The number of hydrogen-bond acceptors (Lipinski definition) is 6. The van der Waals surface area contributed by atoms with Crippen molar-refractivity contribution in [3.63, 3.8) is 0 Å². The van der Waals surface area contributed by atoms with E-state index in [-0.39, 0.29) is 12.7 Å². The second-order valence-corrected chi connectivity index (χ2v) is 6.55. The standard InChI is InChI=1S/C18H12N4O3S/c23-17(11-1-3-12-13(5-11)20-8-19-12)22-18-21-14(7-26-18)10-2-4-15-16(6-10)25-9-24-15/h1-8H,9H2,(H,19,20)(H,21,22,23). The molecule has 5 rings (SSSR count). The van der Waals surface area contributed by atoms with E-state index in [2.05, 4.69) is 20.3 Å². The maximum absolute atomic E-state index is 12.5. The van der Waals surface area contributed by atoms with Crippen LogP contribution in [-0.4, -0.2) is 27.7 Å². The van der Waals surface area contributed by atoms with Crippen LogP contribution in [0.2, 0.25) is 0 Å². The largest absolute Gasteiger partial charge is 0.454 e. The van der Waals surface area contributed by atoms with Crippen molar-refractivity contribution in [2.45, 2.75) is 0 Å². The van der Waals surface area contributed by atoms with Crippen molar-refractivity contribution in [2.75, 3.05) is 12.1 Å². The van der Waals surface area contributed by atoms with Gasteiger partial charge in [0.15, 0.2) is 16.6 Å². The number of aromatic amines is 1. The summed E-state index contributed by atoms with van der Waals surface area (Å²) in [6, 6.07) is 11.0. The highest BCUT2D eigenvalue weighted by Crippen LogP contribution is 2.36. The molecule has 1 aliphatic heterocycles. The molecule has 8 heteroatoms. The van der Waals surface area contributed by atoms with Gasteiger partial charge in [-0.05, 0) is 36.4 Å². The van der Waals surface area contributed by atoms with Crippen LogP contribution in [0.5, 0.6) is 11.5 Å². The number of fused-ring (bicyclic) bond motifs is 2. The molecule has 1 amide bonds. The number of benzene rings is 2. The Morgan fingerprint density at radius 1 is 1.15 bits per heavy atom. The first-order valence-electron chi connectivity index (χ1n) is 7.86. The van der Waals surface area contributed by atoms with Gasteiger partial charge < -0.3 is 14.5 Å². The van der Waals surface area contributed by atoms with Gasteiger partial charge in [0.05, 0.1) is 23.1 Å². The normalized spacial score (nSPS) is 12.5. The van der Waals surface area contributed by atoms with Gasteiger partial charge in [-0.25, -0.2) is 9.97 Å². The molecule has 1 aliphatic rings. The van der Waals surface area contributed by atoms with Crippen LogP contribution in [0.25, 0.3) is 22.3 Å². The zero-order chi connectivity index (χ0) is 17.5. The molecule has 0 saturated carbocycles. The average molecular weight is 364 g/mol. The molecule has 128 valence electrons. The highest BCUT2D eigenvalue weighted by molar-refractivity contribution is 7.14. The van der Waals surface area contributed by atoms with Gasteiger partial charge in [0.25, 0.3) is 5.91 Å². The van der Waals surface area contributed by atoms with E-state index in [4.69, 9.17) is 9.47 Å². The van der Waals surface area contributed by atoms with Crippen LogP contribution in [0.15, 0.2) is 48.1 Å². The third kappa shape index (κ3) is 2.56. The summed E-state index contributed by atoms with van der Waals surface area (Å²) in [4.78, 5) is 24.1. The van der Waals surface area contributed by atoms with E-state index in [0.717, 1.165) is 28.0 Å². The highest BCUT2D eigenvalue weighted by Gasteiger charge is 2.16. The molecule has 2 aromatic carbocycles. The van der Waals surface area contributed by atoms with Crippen molar-refractivity contribution >= 4 is 33.4 Å². The molecule has 2 aromatic heterocycles. The first-order valence-corrected chi connectivity index (χ1v) is 8.74. The SMILES string of the molecule is O=C(Nc1nc(-c2ccc3c(c2)OCO3)cs1)c1ccc2nc[nH]c2c1. The fourth-order valence-electron chi connectivity index (χ4n) is 2.77. The molecule has 0 spiro atoms.